The van der Waals surface area contributed by atoms with Crippen molar-refractivity contribution in [3.8, 4) is 0 Å². The fourth-order valence-electron chi connectivity index (χ4n) is 3.30. The molecule has 1 N–H and O–H groups in total. The monoisotopic (exact) mass is 297 g/mol. The summed E-state index contributed by atoms with van der Waals surface area (Å²) in [6.45, 7) is 3.99. The molecule has 0 aromatic heterocycles. The molecule has 3 rings (SSSR count). The Kier molecular flexibility index (Phi) is 4.02. The van der Waals surface area contributed by atoms with Crippen LogP contribution in [0.3, 0.4) is 0 Å². The number of ether oxygens (including phenoxy) is 1. The van der Waals surface area contributed by atoms with E-state index in [0.717, 1.165) is 37.4 Å². The van der Waals surface area contributed by atoms with Crippen molar-refractivity contribution < 1.29 is 9.13 Å². The predicted octanol–water partition coefficient (Wildman–Crippen LogP) is 4.09. The molecule has 0 bridgehead atoms. The third-order valence-corrected chi connectivity index (χ3v) is 4.96. The molecular weight excluding hydrogens is 277 g/mol. The van der Waals surface area contributed by atoms with Crippen LogP contribution in [0.15, 0.2) is 18.2 Å². The van der Waals surface area contributed by atoms with Crippen molar-refractivity contribution in [1.82, 2.24) is 5.32 Å². The van der Waals surface area contributed by atoms with Gasteiger partial charge in [-0.3, -0.25) is 0 Å². The van der Waals surface area contributed by atoms with Crippen LogP contribution in [-0.2, 0) is 4.74 Å². The van der Waals surface area contributed by atoms with E-state index >= 15 is 0 Å². The van der Waals surface area contributed by atoms with Gasteiger partial charge in [0.15, 0.2) is 0 Å². The van der Waals surface area contributed by atoms with Crippen molar-refractivity contribution in [2.24, 2.45) is 5.92 Å². The molecule has 0 amide bonds. The second-order valence-electron chi connectivity index (χ2n) is 6.28. The lowest BCUT2D eigenvalue weighted by Gasteiger charge is -2.45. The van der Waals surface area contributed by atoms with Gasteiger partial charge in [-0.2, -0.15) is 0 Å². The number of rotatable bonds is 1. The fraction of sp³-hybridized carbons (Fsp3) is 0.625. The van der Waals surface area contributed by atoms with E-state index in [1.165, 1.54) is 18.9 Å². The van der Waals surface area contributed by atoms with Crippen LogP contribution in [0.5, 0.6) is 0 Å². The van der Waals surface area contributed by atoms with E-state index in [1.807, 2.05) is 0 Å². The maximum absolute atomic E-state index is 13.3. The van der Waals surface area contributed by atoms with Crippen LogP contribution in [0.4, 0.5) is 4.39 Å². The first-order chi connectivity index (χ1) is 9.58. The molecule has 1 heterocycles. The number of halogens is 2. The lowest BCUT2D eigenvalue weighted by atomic mass is 9.78. The maximum Gasteiger partial charge on any atom is 0.141 e. The van der Waals surface area contributed by atoms with Gasteiger partial charge in [-0.15, -0.1) is 0 Å². The van der Waals surface area contributed by atoms with Crippen molar-refractivity contribution in [3.63, 3.8) is 0 Å². The van der Waals surface area contributed by atoms with Crippen LogP contribution in [0.25, 0.3) is 0 Å². The molecule has 4 heteroatoms. The number of hydrogen-bond acceptors (Lipinski definition) is 2. The second-order valence-corrected chi connectivity index (χ2v) is 6.68. The number of hydrogen-bond donors (Lipinski definition) is 1. The Morgan fingerprint density at radius 2 is 2.10 bits per heavy atom. The van der Waals surface area contributed by atoms with E-state index in [2.05, 4.69) is 12.2 Å². The highest BCUT2D eigenvalue weighted by molar-refractivity contribution is 6.30. The molecule has 1 atom stereocenters. The molecule has 1 saturated carbocycles. The Morgan fingerprint density at radius 1 is 1.35 bits per heavy atom. The van der Waals surface area contributed by atoms with Gasteiger partial charge in [-0.1, -0.05) is 24.6 Å². The SMILES string of the molecule is CC1CCC2(CC1)CNCC(c1ccc(F)c(Cl)c1)O2. The summed E-state index contributed by atoms with van der Waals surface area (Å²) < 4.78 is 19.7. The number of nitrogens with one attached hydrogen (secondary N) is 1. The maximum atomic E-state index is 13.3. The molecule has 2 fully saturated rings. The summed E-state index contributed by atoms with van der Waals surface area (Å²) in [7, 11) is 0. The van der Waals surface area contributed by atoms with Gasteiger partial charge in [-0.25, -0.2) is 4.39 Å². The minimum atomic E-state index is -0.375. The fourth-order valence-corrected chi connectivity index (χ4v) is 3.49. The highest BCUT2D eigenvalue weighted by atomic mass is 35.5. The minimum absolute atomic E-state index is 0.0322. The minimum Gasteiger partial charge on any atom is -0.364 e. The van der Waals surface area contributed by atoms with E-state index < -0.39 is 0 Å². The summed E-state index contributed by atoms with van der Waals surface area (Å²) in [4.78, 5) is 0. The van der Waals surface area contributed by atoms with Crippen molar-refractivity contribution in [2.45, 2.75) is 44.3 Å². The average molecular weight is 298 g/mol. The summed E-state index contributed by atoms with van der Waals surface area (Å²) in [5, 5.41) is 3.65. The van der Waals surface area contributed by atoms with Gasteiger partial charge in [-0.05, 0) is 49.3 Å². The first-order valence-corrected chi connectivity index (χ1v) is 7.79. The zero-order chi connectivity index (χ0) is 14.2. The topological polar surface area (TPSA) is 21.3 Å². The molecule has 2 aliphatic rings. The molecule has 1 aromatic rings. The Bertz CT molecular complexity index is 485. The Labute approximate surface area is 124 Å². The third kappa shape index (κ3) is 2.85. The summed E-state index contributed by atoms with van der Waals surface area (Å²) in [6, 6.07) is 4.89. The molecule has 1 saturated heterocycles. The molecule has 1 aliphatic heterocycles. The smallest absolute Gasteiger partial charge is 0.141 e. The first kappa shape index (κ1) is 14.3. The largest absolute Gasteiger partial charge is 0.364 e. The molecule has 1 unspecified atom stereocenters. The highest BCUT2D eigenvalue weighted by Crippen LogP contribution is 2.40. The summed E-state index contributed by atoms with van der Waals surface area (Å²) >= 11 is 5.88. The third-order valence-electron chi connectivity index (χ3n) is 4.67. The summed E-state index contributed by atoms with van der Waals surface area (Å²) in [5.41, 5.74) is 0.914. The van der Waals surface area contributed by atoms with Crippen LogP contribution >= 0.6 is 11.6 Å². The zero-order valence-corrected chi connectivity index (χ0v) is 12.5. The van der Waals surface area contributed by atoms with Crippen molar-refractivity contribution in [2.75, 3.05) is 13.1 Å². The molecule has 2 nitrogen and oxygen atoms in total. The van der Waals surface area contributed by atoms with Crippen molar-refractivity contribution >= 4 is 11.6 Å². The molecule has 1 spiro atoms. The Morgan fingerprint density at radius 3 is 2.80 bits per heavy atom. The van der Waals surface area contributed by atoms with Crippen LogP contribution in [0.2, 0.25) is 5.02 Å². The zero-order valence-electron chi connectivity index (χ0n) is 11.8. The van der Waals surface area contributed by atoms with E-state index in [-0.39, 0.29) is 22.5 Å². The lowest BCUT2D eigenvalue weighted by Crippen LogP contribution is -2.52. The standard InChI is InChI=1S/C16H21ClFNO/c1-11-4-6-16(7-5-11)10-19-9-15(20-16)12-2-3-14(18)13(17)8-12/h2-3,8,11,15,19H,4-7,9-10H2,1H3. The van der Waals surface area contributed by atoms with Crippen molar-refractivity contribution in [1.29, 1.82) is 0 Å². The van der Waals surface area contributed by atoms with Crippen LogP contribution < -0.4 is 5.32 Å². The van der Waals surface area contributed by atoms with Gasteiger partial charge in [0.25, 0.3) is 0 Å². The van der Waals surface area contributed by atoms with E-state index in [4.69, 9.17) is 16.3 Å². The second kappa shape index (κ2) is 5.63. The quantitative estimate of drug-likeness (QED) is 0.843. The van der Waals surface area contributed by atoms with Gasteiger partial charge < -0.3 is 10.1 Å². The van der Waals surface area contributed by atoms with E-state index in [0.29, 0.717) is 0 Å². The van der Waals surface area contributed by atoms with Crippen LogP contribution in [-0.4, -0.2) is 18.7 Å². The lowest BCUT2D eigenvalue weighted by molar-refractivity contribution is -0.140. The molecule has 110 valence electrons. The Balaban J connectivity index is 1.76. The number of benzene rings is 1. The number of morpholine rings is 1. The van der Waals surface area contributed by atoms with Gasteiger partial charge in [0, 0.05) is 13.1 Å². The Hall–Kier alpha value is -0.640. The molecular formula is C16H21ClFNO. The summed E-state index contributed by atoms with van der Waals surface area (Å²) in [6.07, 6.45) is 4.62. The van der Waals surface area contributed by atoms with Crippen LogP contribution in [0.1, 0.15) is 44.3 Å². The van der Waals surface area contributed by atoms with Crippen molar-refractivity contribution in [3.05, 3.63) is 34.6 Å². The first-order valence-electron chi connectivity index (χ1n) is 7.41. The summed E-state index contributed by atoms with van der Waals surface area (Å²) in [5.74, 6) is 0.422. The van der Waals surface area contributed by atoms with Crippen LogP contribution in [0, 0.1) is 11.7 Å². The molecule has 20 heavy (non-hydrogen) atoms. The molecule has 0 radical (unpaired) electrons. The molecule has 1 aliphatic carbocycles. The predicted molar refractivity (Wildman–Crippen MR) is 78.5 cm³/mol. The van der Waals surface area contributed by atoms with E-state index in [9.17, 15) is 4.39 Å². The normalized spacial score (nSPS) is 34.4. The van der Waals surface area contributed by atoms with Gasteiger partial charge in [0.05, 0.1) is 16.7 Å². The average Bonchev–Trinajstić information content (AvgIpc) is 2.46. The van der Waals surface area contributed by atoms with Gasteiger partial charge in [0.2, 0.25) is 0 Å². The highest BCUT2D eigenvalue weighted by Gasteiger charge is 2.40. The van der Waals surface area contributed by atoms with Gasteiger partial charge >= 0.3 is 0 Å². The molecule has 1 aromatic carbocycles. The van der Waals surface area contributed by atoms with E-state index in [1.54, 1.807) is 12.1 Å². The van der Waals surface area contributed by atoms with Gasteiger partial charge in [0.1, 0.15) is 5.82 Å².